The van der Waals surface area contributed by atoms with Gasteiger partial charge in [0.2, 0.25) is 0 Å². The first-order chi connectivity index (χ1) is 21.3. The number of unbranched alkanes of at least 4 members (excludes halogenated alkanes) is 9. The monoisotopic (exact) mass is 600 g/mol. The second-order valence-corrected chi connectivity index (χ2v) is 11.6. The van der Waals surface area contributed by atoms with Crippen LogP contribution in [0.1, 0.15) is 105 Å². The Morgan fingerprint density at radius 1 is 0.909 bits per heavy atom. The molecule has 0 saturated heterocycles. The van der Waals surface area contributed by atoms with Gasteiger partial charge in [0.05, 0.1) is 13.7 Å². The summed E-state index contributed by atoms with van der Waals surface area (Å²) in [5.74, 6) is -0.944. The Labute approximate surface area is 260 Å². The molecule has 0 bridgehead atoms. The van der Waals surface area contributed by atoms with Crippen LogP contribution in [0.2, 0.25) is 0 Å². The molecule has 0 radical (unpaired) electrons. The fraction of sp³-hybridized carbons (Fsp3) is 0.432. The van der Waals surface area contributed by atoms with Crippen LogP contribution in [-0.2, 0) is 31.1 Å². The van der Waals surface area contributed by atoms with E-state index in [4.69, 9.17) is 14.2 Å². The van der Waals surface area contributed by atoms with Gasteiger partial charge in [-0.15, -0.1) is 0 Å². The molecule has 7 nitrogen and oxygen atoms in total. The number of ether oxygens (including phenoxy) is 3. The first kappa shape index (κ1) is 32.8. The number of methoxy groups -OCH3 is 1. The maximum atomic E-state index is 12.8. The van der Waals surface area contributed by atoms with Crippen LogP contribution in [0.25, 0.3) is 16.3 Å². The summed E-state index contributed by atoms with van der Waals surface area (Å²) >= 11 is 0. The number of carbonyl (C=O) groups is 3. The molecule has 0 fully saturated rings. The third kappa shape index (κ3) is 7.68. The molecular formula is C37H44O7. The molecule has 1 unspecified atom stereocenters. The number of aromatic hydroxyl groups is 1. The summed E-state index contributed by atoms with van der Waals surface area (Å²) < 4.78 is 17.1. The average molecular weight is 601 g/mol. The SMILES string of the molecule is CCCCCCCCCCCCOc1ccc2c(O)c(C(=O)OC)cc(C3(OC(C)=O)C=C(C=O)c4ccccc4C3)c2c1. The highest BCUT2D eigenvalue weighted by Gasteiger charge is 2.41. The van der Waals surface area contributed by atoms with Crippen LogP contribution in [-0.4, -0.2) is 37.0 Å². The maximum absolute atomic E-state index is 12.8. The van der Waals surface area contributed by atoms with Crippen molar-refractivity contribution in [2.24, 2.45) is 0 Å². The van der Waals surface area contributed by atoms with Crippen LogP contribution in [0.15, 0.2) is 54.6 Å². The summed E-state index contributed by atoms with van der Waals surface area (Å²) in [4.78, 5) is 37.6. The molecule has 0 amide bonds. The lowest BCUT2D eigenvalue weighted by Crippen LogP contribution is -2.35. The molecule has 1 N–H and O–H groups in total. The molecular weight excluding hydrogens is 556 g/mol. The molecule has 0 aliphatic heterocycles. The summed E-state index contributed by atoms with van der Waals surface area (Å²) in [6.07, 6.45) is 14.9. The highest BCUT2D eigenvalue weighted by atomic mass is 16.6. The van der Waals surface area contributed by atoms with E-state index in [9.17, 15) is 19.5 Å². The number of rotatable bonds is 16. The van der Waals surface area contributed by atoms with Crippen LogP contribution in [0.5, 0.6) is 11.5 Å². The van der Waals surface area contributed by atoms with Crippen molar-refractivity contribution in [1.82, 2.24) is 0 Å². The number of phenolic OH excluding ortho intramolecular Hbond substituents is 1. The smallest absolute Gasteiger partial charge is 0.341 e. The third-order valence-electron chi connectivity index (χ3n) is 8.33. The third-order valence-corrected chi connectivity index (χ3v) is 8.33. The second-order valence-electron chi connectivity index (χ2n) is 11.6. The Kier molecular flexibility index (Phi) is 11.6. The molecule has 1 atom stereocenters. The van der Waals surface area contributed by atoms with Gasteiger partial charge in [0.15, 0.2) is 11.9 Å². The average Bonchev–Trinajstić information content (AvgIpc) is 3.02. The van der Waals surface area contributed by atoms with Gasteiger partial charge in [-0.1, -0.05) is 89.0 Å². The summed E-state index contributed by atoms with van der Waals surface area (Å²) in [7, 11) is 1.24. The Bertz CT molecular complexity index is 1510. The Morgan fingerprint density at radius 3 is 2.25 bits per heavy atom. The fourth-order valence-corrected chi connectivity index (χ4v) is 6.14. The first-order valence-electron chi connectivity index (χ1n) is 15.8. The molecule has 44 heavy (non-hydrogen) atoms. The molecule has 3 aromatic carbocycles. The minimum atomic E-state index is -1.43. The molecule has 0 spiro atoms. The number of carbonyl (C=O) groups excluding carboxylic acids is 3. The van der Waals surface area contributed by atoms with Crippen molar-refractivity contribution in [3.8, 4) is 11.5 Å². The van der Waals surface area contributed by atoms with Gasteiger partial charge in [-0.25, -0.2) is 4.79 Å². The van der Waals surface area contributed by atoms with Crippen LogP contribution in [0.4, 0.5) is 0 Å². The highest BCUT2D eigenvalue weighted by Crippen LogP contribution is 2.46. The number of fused-ring (bicyclic) bond motifs is 2. The lowest BCUT2D eigenvalue weighted by atomic mass is 9.76. The molecule has 7 heteroatoms. The zero-order valence-electron chi connectivity index (χ0n) is 26.2. The van der Waals surface area contributed by atoms with Crippen molar-refractivity contribution >= 4 is 34.6 Å². The number of benzene rings is 3. The molecule has 0 saturated carbocycles. The zero-order valence-corrected chi connectivity index (χ0v) is 26.2. The second kappa shape index (κ2) is 15.6. The number of esters is 2. The van der Waals surface area contributed by atoms with Gasteiger partial charge in [0.25, 0.3) is 0 Å². The lowest BCUT2D eigenvalue weighted by molar-refractivity contribution is -0.153. The Hall–Kier alpha value is -4.13. The highest BCUT2D eigenvalue weighted by molar-refractivity contribution is 6.09. The topological polar surface area (TPSA) is 99.1 Å². The minimum absolute atomic E-state index is 0.0690. The number of hydrogen-bond acceptors (Lipinski definition) is 7. The van der Waals surface area contributed by atoms with Crippen LogP contribution in [0, 0.1) is 0 Å². The predicted octanol–water partition coefficient (Wildman–Crippen LogP) is 8.23. The van der Waals surface area contributed by atoms with E-state index in [0.717, 1.165) is 30.3 Å². The van der Waals surface area contributed by atoms with Crippen molar-refractivity contribution in [3.63, 3.8) is 0 Å². The van der Waals surface area contributed by atoms with Gasteiger partial charge in [0.1, 0.15) is 17.1 Å². The van der Waals surface area contributed by atoms with Gasteiger partial charge in [-0.05, 0) is 53.3 Å². The molecule has 0 heterocycles. The van der Waals surface area contributed by atoms with E-state index in [2.05, 4.69) is 6.92 Å². The number of allylic oxidation sites excluding steroid dienone is 1. The van der Waals surface area contributed by atoms with Gasteiger partial charge in [0, 0.05) is 29.9 Å². The van der Waals surface area contributed by atoms with Gasteiger partial charge < -0.3 is 19.3 Å². The van der Waals surface area contributed by atoms with E-state index in [0.29, 0.717) is 34.3 Å². The van der Waals surface area contributed by atoms with Crippen molar-refractivity contribution < 1.29 is 33.7 Å². The summed E-state index contributed by atoms with van der Waals surface area (Å²) in [6, 6.07) is 14.2. The lowest BCUT2D eigenvalue weighted by Gasteiger charge is -2.36. The largest absolute Gasteiger partial charge is 0.506 e. The van der Waals surface area contributed by atoms with Crippen LogP contribution < -0.4 is 4.74 Å². The summed E-state index contributed by atoms with van der Waals surface area (Å²) in [5, 5.41) is 12.1. The first-order valence-corrected chi connectivity index (χ1v) is 15.8. The van der Waals surface area contributed by atoms with E-state index in [1.807, 2.05) is 24.3 Å². The standard InChI is InChI=1S/C37H44O7/c1-4-5-6-7-8-9-10-11-12-15-20-43-29-18-19-31-32(21-29)34(22-33(35(31)40)36(41)42-3)37(44-26(2)39)23-27-16-13-14-17-30(27)28(24-37)25-38/h13-14,16-19,21-22,24-25,40H,4-12,15,20,23H2,1-3H3. The van der Waals surface area contributed by atoms with Crippen molar-refractivity contribution in [2.45, 2.75) is 90.1 Å². The van der Waals surface area contributed by atoms with Crippen molar-refractivity contribution in [3.05, 3.63) is 76.9 Å². The number of hydrogen-bond donors (Lipinski definition) is 1. The van der Waals surface area contributed by atoms with E-state index >= 15 is 0 Å². The molecule has 1 aliphatic rings. The van der Waals surface area contributed by atoms with Gasteiger partial charge in [-0.3, -0.25) is 9.59 Å². The maximum Gasteiger partial charge on any atom is 0.341 e. The summed E-state index contributed by atoms with van der Waals surface area (Å²) in [5.41, 5.74) is 0.872. The quantitative estimate of drug-likeness (QED) is 0.100. The fourth-order valence-electron chi connectivity index (χ4n) is 6.14. The van der Waals surface area contributed by atoms with E-state index in [-0.39, 0.29) is 17.7 Å². The number of phenols is 1. The van der Waals surface area contributed by atoms with Gasteiger partial charge in [-0.2, -0.15) is 0 Å². The van der Waals surface area contributed by atoms with Crippen LogP contribution in [0.3, 0.4) is 0 Å². The Balaban J connectivity index is 1.64. The molecule has 3 aromatic rings. The van der Waals surface area contributed by atoms with Gasteiger partial charge >= 0.3 is 11.9 Å². The van der Waals surface area contributed by atoms with E-state index in [1.165, 1.54) is 71.5 Å². The van der Waals surface area contributed by atoms with E-state index < -0.39 is 17.5 Å². The zero-order chi connectivity index (χ0) is 31.5. The molecule has 1 aliphatic carbocycles. The summed E-state index contributed by atoms with van der Waals surface area (Å²) in [6.45, 7) is 4.09. The van der Waals surface area contributed by atoms with E-state index in [1.54, 1.807) is 24.3 Å². The molecule has 234 valence electrons. The predicted molar refractivity (Wildman–Crippen MR) is 172 cm³/mol. The minimum Gasteiger partial charge on any atom is -0.506 e. The van der Waals surface area contributed by atoms with Crippen LogP contribution >= 0.6 is 0 Å². The number of aldehydes is 1. The molecule has 0 aromatic heterocycles. The normalized spacial score (nSPS) is 15.8. The molecule has 4 rings (SSSR count). The Morgan fingerprint density at radius 2 is 1.59 bits per heavy atom. The van der Waals surface area contributed by atoms with Crippen molar-refractivity contribution in [1.29, 1.82) is 0 Å². The van der Waals surface area contributed by atoms with Crippen molar-refractivity contribution in [2.75, 3.05) is 13.7 Å².